The molecule has 2 amide bonds. The molecule has 0 spiro atoms. The van der Waals surface area contributed by atoms with Gasteiger partial charge in [0.05, 0.1) is 6.42 Å². The Morgan fingerprint density at radius 1 is 1.29 bits per heavy atom. The van der Waals surface area contributed by atoms with Gasteiger partial charge < -0.3 is 15.3 Å². The fourth-order valence-electron chi connectivity index (χ4n) is 1.47. The van der Waals surface area contributed by atoms with Crippen LogP contribution in [0.4, 0.5) is 4.79 Å². The van der Waals surface area contributed by atoms with Gasteiger partial charge in [-0.25, -0.2) is 4.79 Å². The molecule has 0 fully saturated rings. The van der Waals surface area contributed by atoms with Gasteiger partial charge in [-0.05, 0) is 12.3 Å². The summed E-state index contributed by atoms with van der Waals surface area (Å²) in [6.07, 6.45) is 1.61. The first-order chi connectivity index (χ1) is 7.90. The van der Waals surface area contributed by atoms with E-state index in [0.717, 1.165) is 6.42 Å². The second kappa shape index (κ2) is 7.92. The van der Waals surface area contributed by atoms with E-state index in [0.29, 0.717) is 18.9 Å². The largest absolute Gasteiger partial charge is 0.481 e. The Hall–Kier alpha value is -1.26. The number of hydrogen-bond acceptors (Lipinski definition) is 2. The van der Waals surface area contributed by atoms with Gasteiger partial charge in [0.1, 0.15) is 0 Å². The molecular weight excluding hydrogens is 220 g/mol. The molecule has 0 aromatic carbocycles. The number of aliphatic carboxylic acids is 1. The molecular formula is C12H24N2O3. The van der Waals surface area contributed by atoms with Gasteiger partial charge in [0.15, 0.2) is 0 Å². The van der Waals surface area contributed by atoms with Crippen molar-refractivity contribution in [2.24, 2.45) is 5.92 Å². The zero-order chi connectivity index (χ0) is 13.4. The number of amides is 2. The number of urea groups is 1. The molecule has 0 aliphatic carbocycles. The number of nitrogens with one attached hydrogen (secondary N) is 1. The molecule has 0 aliphatic heterocycles. The third kappa shape index (κ3) is 6.81. The zero-order valence-electron chi connectivity index (χ0n) is 11.2. The van der Waals surface area contributed by atoms with E-state index in [1.54, 1.807) is 11.9 Å². The highest BCUT2D eigenvalue weighted by molar-refractivity contribution is 5.75. The molecule has 2 N–H and O–H groups in total. The Bertz CT molecular complexity index is 256. The number of carboxylic acids is 1. The lowest BCUT2D eigenvalue weighted by atomic mass is 10.1. The van der Waals surface area contributed by atoms with Crippen molar-refractivity contribution in [1.82, 2.24) is 10.2 Å². The van der Waals surface area contributed by atoms with Crippen molar-refractivity contribution >= 4 is 12.0 Å². The molecule has 2 unspecified atom stereocenters. The predicted octanol–water partition coefficient (Wildman–Crippen LogP) is 1.93. The Labute approximate surface area is 103 Å². The third-order valence-corrected chi connectivity index (χ3v) is 2.87. The number of hydrogen-bond donors (Lipinski definition) is 2. The lowest BCUT2D eigenvalue weighted by molar-refractivity contribution is -0.137. The van der Waals surface area contributed by atoms with E-state index in [9.17, 15) is 9.59 Å². The summed E-state index contributed by atoms with van der Waals surface area (Å²) < 4.78 is 0. The Morgan fingerprint density at radius 3 is 2.29 bits per heavy atom. The molecule has 5 nitrogen and oxygen atoms in total. The van der Waals surface area contributed by atoms with E-state index in [1.165, 1.54) is 0 Å². The summed E-state index contributed by atoms with van der Waals surface area (Å²) in [5, 5.41) is 11.4. The fourth-order valence-corrected chi connectivity index (χ4v) is 1.47. The first-order valence-corrected chi connectivity index (χ1v) is 6.14. The van der Waals surface area contributed by atoms with Crippen molar-refractivity contribution in [3.05, 3.63) is 0 Å². The first kappa shape index (κ1) is 15.7. The number of nitrogens with zero attached hydrogens (tertiary/aromatic N) is 1. The van der Waals surface area contributed by atoms with E-state index in [1.807, 2.05) is 6.92 Å². The second-order valence-corrected chi connectivity index (χ2v) is 4.55. The maximum atomic E-state index is 11.8. The lowest BCUT2D eigenvalue weighted by Crippen LogP contribution is -2.44. The Kier molecular flexibility index (Phi) is 7.34. The molecule has 5 heteroatoms. The van der Waals surface area contributed by atoms with Crippen LogP contribution in [0.2, 0.25) is 0 Å². The smallest absolute Gasteiger partial charge is 0.317 e. The quantitative estimate of drug-likeness (QED) is 0.719. The molecule has 0 heterocycles. The highest BCUT2D eigenvalue weighted by atomic mass is 16.4. The molecule has 2 atom stereocenters. The summed E-state index contributed by atoms with van der Waals surface area (Å²) in [6, 6.07) is -0.488. The molecule has 0 rings (SSSR count). The topological polar surface area (TPSA) is 69.6 Å². The number of carbonyl (C=O) groups is 2. The standard InChI is InChI=1S/C12H24N2O3/c1-5-9(3)8-14(4)12(17)13-10(6-2)7-11(15)16/h9-10H,5-8H2,1-4H3,(H,13,17)(H,15,16). The van der Waals surface area contributed by atoms with Gasteiger partial charge >= 0.3 is 12.0 Å². The highest BCUT2D eigenvalue weighted by Crippen LogP contribution is 2.04. The minimum atomic E-state index is -0.887. The zero-order valence-corrected chi connectivity index (χ0v) is 11.2. The van der Waals surface area contributed by atoms with Gasteiger partial charge in [0.25, 0.3) is 0 Å². The predicted molar refractivity (Wildman–Crippen MR) is 66.9 cm³/mol. The summed E-state index contributed by atoms with van der Waals surface area (Å²) in [6.45, 7) is 6.71. The van der Waals surface area contributed by atoms with Gasteiger partial charge in [-0.1, -0.05) is 27.2 Å². The van der Waals surface area contributed by atoms with Crippen LogP contribution < -0.4 is 5.32 Å². The number of rotatable bonds is 7. The van der Waals surface area contributed by atoms with Crippen LogP contribution in [0.3, 0.4) is 0 Å². The van der Waals surface area contributed by atoms with Gasteiger partial charge in [-0.3, -0.25) is 4.79 Å². The summed E-state index contributed by atoms with van der Waals surface area (Å²) >= 11 is 0. The van der Waals surface area contributed by atoms with E-state index >= 15 is 0 Å². The second-order valence-electron chi connectivity index (χ2n) is 4.55. The average molecular weight is 244 g/mol. The van der Waals surface area contributed by atoms with Gasteiger partial charge in [-0.15, -0.1) is 0 Å². The normalized spacial score (nSPS) is 13.9. The van der Waals surface area contributed by atoms with Crippen LogP contribution in [0.5, 0.6) is 0 Å². The minimum absolute atomic E-state index is 0.0284. The molecule has 17 heavy (non-hydrogen) atoms. The van der Waals surface area contributed by atoms with Crippen molar-refractivity contribution in [2.75, 3.05) is 13.6 Å². The van der Waals surface area contributed by atoms with Gasteiger partial charge in [0, 0.05) is 19.6 Å². The van der Waals surface area contributed by atoms with Gasteiger partial charge in [-0.2, -0.15) is 0 Å². The summed E-state index contributed by atoms with van der Waals surface area (Å²) in [7, 11) is 1.73. The van der Waals surface area contributed by atoms with Crippen LogP contribution in [0, 0.1) is 5.92 Å². The van der Waals surface area contributed by atoms with Crippen molar-refractivity contribution in [1.29, 1.82) is 0 Å². The van der Waals surface area contributed by atoms with Crippen LogP contribution in [0.15, 0.2) is 0 Å². The Balaban J connectivity index is 4.16. The average Bonchev–Trinajstić information content (AvgIpc) is 2.26. The van der Waals surface area contributed by atoms with Crippen LogP contribution in [-0.4, -0.2) is 41.6 Å². The third-order valence-electron chi connectivity index (χ3n) is 2.87. The molecule has 0 saturated carbocycles. The monoisotopic (exact) mass is 244 g/mol. The first-order valence-electron chi connectivity index (χ1n) is 6.14. The maximum absolute atomic E-state index is 11.8. The molecule has 0 aliphatic rings. The highest BCUT2D eigenvalue weighted by Gasteiger charge is 2.17. The van der Waals surface area contributed by atoms with Crippen molar-refractivity contribution in [3.8, 4) is 0 Å². The van der Waals surface area contributed by atoms with Gasteiger partial charge in [0.2, 0.25) is 0 Å². The molecule has 0 aromatic heterocycles. The van der Waals surface area contributed by atoms with Crippen LogP contribution >= 0.6 is 0 Å². The number of carbonyl (C=O) groups excluding carboxylic acids is 1. The van der Waals surface area contributed by atoms with E-state index < -0.39 is 5.97 Å². The fraction of sp³-hybridized carbons (Fsp3) is 0.833. The molecule has 0 saturated heterocycles. The molecule has 100 valence electrons. The lowest BCUT2D eigenvalue weighted by Gasteiger charge is -2.24. The summed E-state index contributed by atoms with van der Waals surface area (Å²) in [4.78, 5) is 24.0. The Morgan fingerprint density at radius 2 is 1.88 bits per heavy atom. The minimum Gasteiger partial charge on any atom is -0.481 e. The van der Waals surface area contributed by atoms with E-state index in [-0.39, 0.29) is 18.5 Å². The van der Waals surface area contributed by atoms with Crippen molar-refractivity contribution in [3.63, 3.8) is 0 Å². The van der Waals surface area contributed by atoms with E-state index in [2.05, 4.69) is 19.2 Å². The SMILES string of the molecule is CCC(C)CN(C)C(=O)NC(CC)CC(=O)O. The summed E-state index contributed by atoms with van der Waals surface area (Å²) in [5.41, 5.74) is 0. The summed E-state index contributed by atoms with van der Waals surface area (Å²) in [5.74, 6) is -0.438. The van der Waals surface area contributed by atoms with Crippen LogP contribution in [0.25, 0.3) is 0 Å². The van der Waals surface area contributed by atoms with Crippen molar-refractivity contribution < 1.29 is 14.7 Å². The van der Waals surface area contributed by atoms with Crippen LogP contribution in [0.1, 0.15) is 40.0 Å². The maximum Gasteiger partial charge on any atom is 0.317 e. The molecule has 0 aromatic rings. The molecule has 0 bridgehead atoms. The van der Waals surface area contributed by atoms with Crippen LogP contribution in [-0.2, 0) is 4.79 Å². The van der Waals surface area contributed by atoms with E-state index in [4.69, 9.17) is 5.11 Å². The van der Waals surface area contributed by atoms with Crippen molar-refractivity contribution in [2.45, 2.75) is 46.1 Å². The number of carboxylic acid groups (broad SMARTS) is 1. The molecule has 0 radical (unpaired) electrons.